The van der Waals surface area contributed by atoms with Crippen molar-refractivity contribution in [1.29, 1.82) is 0 Å². The van der Waals surface area contributed by atoms with Crippen molar-refractivity contribution in [1.82, 2.24) is 5.32 Å². The van der Waals surface area contributed by atoms with Crippen molar-refractivity contribution < 1.29 is 9.59 Å². The van der Waals surface area contributed by atoms with E-state index in [0.29, 0.717) is 19.0 Å². The molecular weight excluding hydrogens is 302 g/mol. The molecule has 0 radical (unpaired) electrons. The van der Waals surface area contributed by atoms with Crippen LogP contribution < -0.4 is 15.5 Å². The van der Waals surface area contributed by atoms with Gasteiger partial charge in [0.25, 0.3) is 0 Å². The van der Waals surface area contributed by atoms with Gasteiger partial charge in [-0.05, 0) is 49.4 Å². The van der Waals surface area contributed by atoms with Gasteiger partial charge in [-0.3, -0.25) is 9.69 Å². The number of allylic oxidation sites excluding steroid dienone is 2. The summed E-state index contributed by atoms with van der Waals surface area (Å²) in [6, 6.07) is 7.36. The molecule has 1 saturated heterocycles. The Morgan fingerprint density at radius 1 is 1.29 bits per heavy atom. The van der Waals surface area contributed by atoms with Crippen LogP contribution in [-0.4, -0.2) is 25.0 Å². The lowest BCUT2D eigenvalue weighted by molar-refractivity contribution is -0.118. The van der Waals surface area contributed by atoms with E-state index in [9.17, 15) is 9.59 Å². The van der Waals surface area contributed by atoms with E-state index < -0.39 is 0 Å². The molecule has 128 valence electrons. The number of hydrogen-bond donors (Lipinski definition) is 2. The van der Waals surface area contributed by atoms with Gasteiger partial charge in [-0.2, -0.15) is 0 Å². The van der Waals surface area contributed by atoms with Crippen LogP contribution in [0, 0.1) is 17.3 Å². The normalized spacial score (nSPS) is 24.3. The molecule has 2 fully saturated rings. The molecule has 2 aliphatic rings. The zero-order valence-electron chi connectivity index (χ0n) is 14.7. The van der Waals surface area contributed by atoms with Crippen LogP contribution in [0.3, 0.4) is 0 Å². The SMILES string of the molecule is CC(C)=CC1C(C(=O)Nc2ccc(N3CCNC3=O)cc2)C1(C)C. The highest BCUT2D eigenvalue weighted by molar-refractivity contribution is 5.97. The van der Waals surface area contributed by atoms with Crippen molar-refractivity contribution in [2.24, 2.45) is 17.3 Å². The van der Waals surface area contributed by atoms with Gasteiger partial charge in [0, 0.05) is 24.5 Å². The Labute approximate surface area is 143 Å². The number of rotatable bonds is 4. The van der Waals surface area contributed by atoms with E-state index in [0.717, 1.165) is 11.4 Å². The molecule has 3 amide bonds. The maximum Gasteiger partial charge on any atom is 0.321 e. The molecule has 0 bridgehead atoms. The maximum atomic E-state index is 12.6. The smallest absolute Gasteiger partial charge is 0.321 e. The Morgan fingerprint density at radius 2 is 1.96 bits per heavy atom. The third-order valence-electron chi connectivity index (χ3n) is 5.01. The Balaban J connectivity index is 1.65. The summed E-state index contributed by atoms with van der Waals surface area (Å²) in [5, 5.41) is 5.78. The summed E-state index contributed by atoms with van der Waals surface area (Å²) in [6.07, 6.45) is 2.19. The first-order valence-electron chi connectivity index (χ1n) is 8.42. The number of benzene rings is 1. The minimum atomic E-state index is -0.0731. The van der Waals surface area contributed by atoms with E-state index >= 15 is 0 Å². The van der Waals surface area contributed by atoms with Gasteiger partial charge in [-0.25, -0.2) is 4.79 Å². The summed E-state index contributed by atoms with van der Waals surface area (Å²) in [7, 11) is 0. The number of hydrogen-bond acceptors (Lipinski definition) is 2. The fraction of sp³-hybridized carbons (Fsp3) is 0.474. The summed E-state index contributed by atoms with van der Waals surface area (Å²) in [5.74, 6) is 0.376. The summed E-state index contributed by atoms with van der Waals surface area (Å²) in [5.41, 5.74) is 2.87. The first-order chi connectivity index (χ1) is 11.3. The molecule has 3 rings (SSSR count). The Morgan fingerprint density at radius 3 is 2.50 bits per heavy atom. The predicted octanol–water partition coefficient (Wildman–Crippen LogP) is 3.39. The van der Waals surface area contributed by atoms with Crippen molar-refractivity contribution in [3.63, 3.8) is 0 Å². The summed E-state index contributed by atoms with van der Waals surface area (Å²) in [6.45, 7) is 9.74. The van der Waals surface area contributed by atoms with Crippen LogP contribution in [0.5, 0.6) is 0 Å². The standard InChI is InChI=1S/C19H25N3O2/c1-12(2)11-15-16(19(15,3)4)17(23)21-13-5-7-14(8-6-13)22-10-9-20-18(22)24/h5-8,11,15-16H,9-10H2,1-4H3,(H,20,24)(H,21,23). The monoisotopic (exact) mass is 327 g/mol. The minimum absolute atomic E-state index is 0.00886. The molecule has 5 heteroatoms. The zero-order valence-corrected chi connectivity index (χ0v) is 14.7. The van der Waals surface area contributed by atoms with Crippen LogP contribution in [0.2, 0.25) is 0 Å². The van der Waals surface area contributed by atoms with Crippen molar-refractivity contribution >= 4 is 23.3 Å². The van der Waals surface area contributed by atoms with Crippen LogP contribution in [0.4, 0.5) is 16.2 Å². The highest BCUT2D eigenvalue weighted by atomic mass is 16.2. The van der Waals surface area contributed by atoms with E-state index in [4.69, 9.17) is 0 Å². The van der Waals surface area contributed by atoms with Gasteiger partial charge >= 0.3 is 6.03 Å². The maximum absolute atomic E-state index is 12.6. The number of amides is 3. The zero-order chi connectivity index (χ0) is 17.5. The molecular formula is C19H25N3O2. The topological polar surface area (TPSA) is 61.4 Å². The molecule has 1 aliphatic heterocycles. The number of nitrogens with one attached hydrogen (secondary N) is 2. The second-order valence-corrected chi connectivity index (χ2v) is 7.49. The number of urea groups is 1. The number of carbonyl (C=O) groups excluding carboxylic acids is 2. The molecule has 1 aliphatic carbocycles. The molecule has 2 unspecified atom stereocenters. The first kappa shape index (κ1) is 16.6. The van der Waals surface area contributed by atoms with Gasteiger partial charge in [0.15, 0.2) is 0 Å². The Bertz CT molecular complexity index is 687. The van der Waals surface area contributed by atoms with Crippen molar-refractivity contribution in [2.45, 2.75) is 27.7 Å². The molecule has 0 spiro atoms. The third-order valence-corrected chi connectivity index (χ3v) is 5.01. The van der Waals surface area contributed by atoms with Crippen LogP contribution >= 0.6 is 0 Å². The lowest BCUT2D eigenvalue weighted by Crippen LogP contribution is -2.27. The molecule has 1 saturated carbocycles. The minimum Gasteiger partial charge on any atom is -0.336 e. The summed E-state index contributed by atoms with van der Waals surface area (Å²) < 4.78 is 0. The van der Waals surface area contributed by atoms with Crippen molar-refractivity contribution in [2.75, 3.05) is 23.3 Å². The molecule has 5 nitrogen and oxygen atoms in total. The second-order valence-electron chi connectivity index (χ2n) is 7.49. The van der Waals surface area contributed by atoms with Gasteiger partial charge in [-0.1, -0.05) is 25.5 Å². The number of anilines is 2. The fourth-order valence-corrected chi connectivity index (χ4v) is 3.51. The molecule has 2 atom stereocenters. The van der Waals surface area contributed by atoms with E-state index in [1.165, 1.54) is 5.57 Å². The van der Waals surface area contributed by atoms with Crippen LogP contribution in [0.15, 0.2) is 35.9 Å². The van der Waals surface area contributed by atoms with Gasteiger partial charge in [-0.15, -0.1) is 0 Å². The Hall–Kier alpha value is -2.30. The molecule has 1 aromatic rings. The van der Waals surface area contributed by atoms with Crippen molar-refractivity contribution in [3.8, 4) is 0 Å². The van der Waals surface area contributed by atoms with Crippen LogP contribution in [0.1, 0.15) is 27.7 Å². The third kappa shape index (κ3) is 3.03. The highest BCUT2D eigenvalue weighted by Gasteiger charge is 2.60. The van der Waals surface area contributed by atoms with E-state index in [1.54, 1.807) is 4.90 Å². The number of carbonyl (C=O) groups is 2. The average molecular weight is 327 g/mol. The predicted molar refractivity (Wildman–Crippen MR) is 96.0 cm³/mol. The largest absolute Gasteiger partial charge is 0.336 e. The molecule has 1 heterocycles. The lowest BCUT2D eigenvalue weighted by atomic mass is 10.1. The van der Waals surface area contributed by atoms with Gasteiger partial charge in [0.05, 0.1) is 5.92 Å². The van der Waals surface area contributed by atoms with E-state index in [-0.39, 0.29) is 23.3 Å². The number of nitrogens with zero attached hydrogens (tertiary/aromatic N) is 1. The van der Waals surface area contributed by atoms with Gasteiger partial charge in [0.2, 0.25) is 5.91 Å². The van der Waals surface area contributed by atoms with Gasteiger partial charge < -0.3 is 10.6 Å². The molecule has 2 N–H and O–H groups in total. The van der Waals surface area contributed by atoms with E-state index in [1.807, 2.05) is 24.3 Å². The summed E-state index contributed by atoms with van der Waals surface area (Å²) >= 11 is 0. The highest BCUT2D eigenvalue weighted by Crippen LogP contribution is 2.59. The summed E-state index contributed by atoms with van der Waals surface area (Å²) in [4.78, 5) is 25.9. The van der Waals surface area contributed by atoms with Crippen LogP contribution in [0.25, 0.3) is 0 Å². The van der Waals surface area contributed by atoms with Gasteiger partial charge in [0.1, 0.15) is 0 Å². The fourth-order valence-electron chi connectivity index (χ4n) is 3.51. The average Bonchev–Trinajstić information content (AvgIpc) is 2.82. The van der Waals surface area contributed by atoms with Crippen molar-refractivity contribution in [3.05, 3.63) is 35.9 Å². The molecule has 1 aromatic carbocycles. The quantitative estimate of drug-likeness (QED) is 0.833. The first-order valence-corrected chi connectivity index (χ1v) is 8.42. The molecule has 24 heavy (non-hydrogen) atoms. The Kier molecular flexibility index (Phi) is 4.11. The molecule has 0 aromatic heterocycles. The lowest BCUT2D eigenvalue weighted by Gasteiger charge is -2.14. The van der Waals surface area contributed by atoms with Crippen LogP contribution in [-0.2, 0) is 4.79 Å². The second kappa shape index (κ2) is 5.96. The van der Waals surface area contributed by atoms with E-state index in [2.05, 4.69) is 44.4 Å².